The first kappa shape index (κ1) is 18.2. The number of nitrogens with one attached hydrogen (secondary N) is 1. The van der Waals surface area contributed by atoms with E-state index in [0.29, 0.717) is 18.2 Å². The maximum atomic E-state index is 12.8. The highest BCUT2D eigenvalue weighted by atomic mass is 16.5. The topological polar surface area (TPSA) is 54.5 Å². The lowest BCUT2D eigenvalue weighted by molar-refractivity contribution is 0.0607. The summed E-state index contributed by atoms with van der Waals surface area (Å²) >= 11 is 0. The SMILES string of the molecule is CCOc1ccc(Nc2ccc(C(=O)N3CCCCC3CC)cn2)cc1. The maximum Gasteiger partial charge on any atom is 0.255 e. The highest BCUT2D eigenvalue weighted by Crippen LogP contribution is 2.23. The van der Waals surface area contributed by atoms with E-state index >= 15 is 0 Å². The molecule has 1 saturated heterocycles. The predicted molar refractivity (Wildman–Crippen MR) is 104 cm³/mol. The molecule has 1 unspecified atom stereocenters. The number of piperidine rings is 1. The van der Waals surface area contributed by atoms with Crippen LogP contribution in [0.5, 0.6) is 5.75 Å². The van der Waals surface area contributed by atoms with Gasteiger partial charge in [0, 0.05) is 24.5 Å². The third kappa shape index (κ3) is 4.34. The van der Waals surface area contributed by atoms with Crippen LogP contribution < -0.4 is 10.1 Å². The number of carbonyl (C=O) groups excluding carboxylic acids is 1. The van der Waals surface area contributed by atoms with Gasteiger partial charge in [0.05, 0.1) is 12.2 Å². The first-order chi connectivity index (χ1) is 12.7. The van der Waals surface area contributed by atoms with Crippen LogP contribution in [0, 0.1) is 0 Å². The predicted octanol–water partition coefficient (Wildman–Crippen LogP) is 4.63. The zero-order chi connectivity index (χ0) is 18.4. The summed E-state index contributed by atoms with van der Waals surface area (Å²) in [5, 5.41) is 3.25. The van der Waals surface area contributed by atoms with Crippen molar-refractivity contribution in [1.82, 2.24) is 9.88 Å². The number of benzene rings is 1. The molecule has 1 aromatic heterocycles. The molecule has 0 saturated carbocycles. The van der Waals surface area contributed by atoms with Crippen LogP contribution in [0.2, 0.25) is 0 Å². The van der Waals surface area contributed by atoms with E-state index in [1.807, 2.05) is 48.2 Å². The van der Waals surface area contributed by atoms with E-state index in [9.17, 15) is 4.79 Å². The van der Waals surface area contributed by atoms with E-state index < -0.39 is 0 Å². The Morgan fingerprint density at radius 1 is 1.19 bits per heavy atom. The van der Waals surface area contributed by atoms with Gasteiger partial charge in [0.1, 0.15) is 11.6 Å². The minimum absolute atomic E-state index is 0.0941. The molecule has 26 heavy (non-hydrogen) atoms. The summed E-state index contributed by atoms with van der Waals surface area (Å²) in [6.45, 7) is 5.62. The van der Waals surface area contributed by atoms with Gasteiger partial charge in [-0.05, 0) is 69.0 Å². The molecule has 0 spiro atoms. The molecule has 2 aromatic rings. The second kappa shape index (κ2) is 8.70. The Kier molecular flexibility index (Phi) is 6.10. The molecular weight excluding hydrogens is 326 g/mol. The van der Waals surface area contributed by atoms with Gasteiger partial charge in [0.2, 0.25) is 0 Å². The number of amides is 1. The van der Waals surface area contributed by atoms with Gasteiger partial charge in [-0.25, -0.2) is 4.98 Å². The zero-order valence-corrected chi connectivity index (χ0v) is 15.6. The molecule has 3 rings (SSSR count). The highest BCUT2D eigenvalue weighted by molar-refractivity contribution is 5.94. The number of hydrogen-bond acceptors (Lipinski definition) is 4. The molecule has 5 nitrogen and oxygen atoms in total. The second-order valence-electron chi connectivity index (χ2n) is 6.57. The minimum Gasteiger partial charge on any atom is -0.494 e. The summed E-state index contributed by atoms with van der Waals surface area (Å²) in [6.07, 6.45) is 6.09. The van der Waals surface area contributed by atoms with E-state index in [1.165, 1.54) is 6.42 Å². The van der Waals surface area contributed by atoms with E-state index in [2.05, 4.69) is 17.2 Å². The van der Waals surface area contributed by atoms with Gasteiger partial charge in [0.25, 0.3) is 5.91 Å². The lowest BCUT2D eigenvalue weighted by Crippen LogP contribution is -2.43. The summed E-state index contributed by atoms with van der Waals surface area (Å²) in [6, 6.07) is 11.8. The quantitative estimate of drug-likeness (QED) is 0.823. The first-order valence-electron chi connectivity index (χ1n) is 9.48. The Hall–Kier alpha value is -2.56. The van der Waals surface area contributed by atoms with Gasteiger partial charge in [-0.3, -0.25) is 4.79 Å². The molecule has 1 atom stereocenters. The molecule has 1 aliphatic rings. The van der Waals surface area contributed by atoms with E-state index in [1.54, 1.807) is 6.20 Å². The number of anilines is 2. The van der Waals surface area contributed by atoms with Crippen molar-refractivity contribution >= 4 is 17.4 Å². The Bertz CT molecular complexity index is 713. The molecule has 1 N–H and O–H groups in total. The number of carbonyl (C=O) groups is 1. The van der Waals surface area contributed by atoms with Crippen molar-refractivity contribution in [3.8, 4) is 5.75 Å². The molecule has 138 valence electrons. The van der Waals surface area contributed by atoms with E-state index in [0.717, 1.165) is 43.1 Å². The summed E-state index contributed by atoms with van der Waals surface area (Å²) in [5.41, 5.74) is 1.59. The zero-order valence-electron chi connectivity index (χ0n) is 15.6. The largest absolute Gasteiger partial charge is 0.494 e. The van der Waals surface area contributed by atoms with Gasteiger partial charge in [-0.15, -0.1) is 0 Å². The molecule has 2 heterocycles. The van der Waals surface area contributed by atoms with Crippen molar-refractivity contribution in [3.63, 3.8) is 0 Å². The normalized spacial score (nSPS) is 17.0. The fraction of sp³-hybridized carbons (Fsp3) is 0.429. The van der Waals surface area contributed by atoms with Crippen LogP contribution in [0.1, 0.15) is 49.9 Å². The number of likely N-dealkylation sites (tertiary alicyclic amines) is 1. The van der Waals surface area contributed by atoms with Gasteiger partial charge in [-0.1, -0.05) is 6.92 Å². The van der Waals surface area contributed by atoms with Crippen molar-refractivity contribution < 1.29 is 9.53 Å². The van der Waals surface area contributed by atoms with E-state index in [-0.39, 0.29) is 5.91 Å². The third-order valence-corrected chi connectivity index (χ3v) is 4.81. The number of aromatic nitrogens is 1. The number of nitrogens with zero attached hydrogens (tertiary/aromatic N) is 2. The Morgan fingerprint density at radius 2 is 2.00 bits per heavy atom. The molecule has 5 heteroatoms. The molecule has 1 aromatic carbocycles. The molecule has 1 aliphatic heterocycles. The molecule has 0 radical (unpaired) electrons. The fourth-order valence-electron chi connectivity index (χ4n) is 3.40. The Labute approximate surface area is 155 Å². The molecule has 0 bridgehead atoms. The van der Waals surface area contributed by atoms with Gasteiger partial charge >= 0.3 is 0 Å². The van der Waals surface area contributed by atoms with Crippen LogP contribution in [0.25, 0.3) is 0 Å². The van der Waals surface area contributed by atoms with Gasteiger partial charge in [-0.2, -0.15) is 0 Å². The average molecular weight is 353 g/mol. The number of pyridine rings is 1. The summed E-state index contributed by atoms with van der Waals surface area (Å²) in [7, 11) is 0. The van der Waals surface area contributed by atoms with Crippen molar-refractivity contribution in [1.29, 1.82) is 0 Å². The second-order valence-corrected chi connectivity index (χ2v) is 6.57. The van der Waals surface area contributed by atoms with Crippen LogP contribution in [0.4, 0.5) is 11.5 Å². The van der Waals surface area contributed by atoms with Crippen LogP contribution in [-0.4, -0.2) is 35.0 Å². The molecular formula is C21H27N3O2. The van der Waals surface area contributed by atoms with Crippen LogP contribution in [0.3, 0.4) is 0 Å². The monoisotopic (exact) mass is 353 g/mol. The van der Waals surface area contributed by atoms with Gasteiger partial charge in [0.15, 0.2) is 0 Å². The van der Waals surface area contributed by atoms with E-state index in [4.69, 9.17) is 4.74 Å². The van der Waals surface area contributed by atoms with Crippen LogP contribution >= 0.6 is 0 Å². The Balaban J connectivity index is 1.65. The summed E-state index contributed by atoms with van der Waals surface area (Å²) in [5.74, 6) is 1.66. The van der Waals surface area contributed by atoms with Crippen LogP contribution in [0.15, 0.2) is 42.6 Å². The number of rotatable bonds is 6. The van der Waals surface area contributed by atoms with Crippen molar-refractivity contribution in [2.45, 2.75) is 45.6 Å². The lowest BCUT2D eigenvalue weighted by atomic mass is 9.99. The molecule has 1 amide bonds. The van der Waals surface area contributed by atoms with Crippen LogP contribution in [-0.2, 0) is 0 Å². The molecule has 0 aliphatic carbocycles. The van der Waals surface area contributed by atoms with Crippen molar-refractivity contribution in [2.75, 3.05) is 18.5 Å². The smallest absolute Gasteiger partial charge is 0.255 e. The van der Waals surface area contributed by atoms with Crippen molar-refractivity contribution in [3.05, 3.63) is 48.2 Å². The summed E-state index contributed by atoms with van der Waals surface area (Å²) in [4.78, 5) is 19.2. The lowest BCUT2D eigenvalue weighted by Gasteiger charge is -2.35. The highest BCUT2D eigenvalue weighted by Gasteiger charge is 2.26. The third-order valence-electron chi connectivity index (χ3n) is 4.81. The fourth-order valence-corrected chi connectivity index (χ4v) is 3.40. The average Bonchev–Trinajstić information content (AvgIpc) is 2.70. The number of hydrogen-bond donors (Lipinski definition) is 1. The van der Waals surface area contributed by atoms with Crippen molar-refractivity contribution in [2.24, 2.45) is 0 Å². The Morgan fingerprint density at radius 3 is 2.65 bits per heavy atom. The maximum absolute atomic E-state index is 12.8. The standard InChI is InChI=1S/C21H27N3O2/c1-3-18-7-5-6-14-24(18)21(25)16-8-13-20(22-15-16)23-17-9-11-19(12-10-17)26-4-2/h8-13,15,18H,3-7,14H2,1-2H3,(H,22,23). The number of ether oxygens (including phenoxy) is 1. The first-order valence-corrected chi connectivity index (χ1v) is 9.48. The minimum atomic E-state index is 0.0941. The molecule has 1 fully saturated rings. The van der Waals surface area contributed by atoms with Gasteiger partial charge < -0.3 is 15.0 Å². The summed E-state index contributed by atoms with van der Waals surface area (Å²) < 4.78 is 5.44.